The van der Waals surface area contributed by atoms with Crippen molar-refractivity contribution >= 4 is 22.4 Å². The lowest BCUT2D eigenvalue weighted by atomic mass is 10.1. The maximum Gasteiger partial charge on any atom is 0.199 e. The molecule has 30 heavy (non-hydrogen) atoms. The Kier molecular flexibility index (Phi) is 4.81. The van der Waals surface area contributed by atoms with E-state index in [-0.39, 0.29) is 0 Å². The van der Waals surface area contributed by atoms with Gasteiger partial charge in [-0.15, -0.1) is 5.10 Å². The Hall–Kier alpha value is -3.44. The molecule has 0 bridgehead atoms. The summed E-state index contributed by atoms with van der Waals surface area (Å²) in [6, 6.07) is 26.6. The van der Waals surface area contributed by atoms with Crippen LogP contribution in [-0.2, 0) is 13.0 Å². The van der Waals surface area contributed by atoms with Crippen molar-refractivity contribution in [3.63, 3.8) is 0 Å². The van der Waals surface area contributed by atoms with Gasteiger partial charge in [0.05, 0.1) is 0 Å². The van der Waals surface area contributed by atoms with E-state index in [0.717, 1.165) is 34.7 Å². The van der Waals surface area contributed by atoms with Crippen molar-refractivity contribution in [1.29, 1.82) is 0 Å². The van der Waals surface area contributed by atoms with Gasteiger partial charge in [0.1, 0.15) is 5.69 Å². The Morgan fingerprint density at radius 2 is 1.53 bits per heavy atom. The summed E-state index contributed by atoms with van der Waals surface area (Å²) >= 11 is 6.14. The number of aromatic nitrogens is 5. The lowest BCUT2D eigenvalue weighted by Crippen LogP contribution is -2.08. The van der Waals surface area contributed by atoms with Crippen molar-refractivity contribution in [2.24, 2.45) is 0 Å². The average Bonchev–Trinajstić information content (AvgIpc) is 3.36. The number of aryl methyl sites for hydroxylation is 3. The standard InChI is InChI=1S/C24H20ClN5/c1-17-21-9-5-6-10-22(21)23(30(17)20-13-11-19(25)12-14-20)24-26-27-28-29(24)16-15-18-7-3-2-4-8-18/h2-14H,15-16H2,1H3. The predicted molar refractivity (Wildman–Crippen MR) is 120 cm³/mol. The van der Waals surface area contributed by atoms with Crippen LogP contribution in [0.5, 0.6) is 0 Å². The molecule has 5 nitrogen and oxygen atoms in total. The monoisotopic (exact) mass is 413 g/mol. The zero-order valence-corrected chi connectivity index (χ0v) is 17.3. The largest absolute Gasteiger partial charge is 0.310 e. The zero-order chi connectivity index (χ0) is 20.5. The van der Waals surface area contributed by atoms with E-state index in [2.05, 4.69) is 75.5 Å². The van der Waals surface area contributed by atoms with Crippen molar-refractivity contribution in [2.75, 3.05) is 0 Å². The summed E-state index contributed by atoms with van der Waals surface area (Å²) in [5.41, 5.74) is 4.41. The number of rotatable bonds is 5. The summed E-state index contributed by atoms with van der Waals surface area (Å²) in [7, 11) is 0. The molecule has 0 aliphatic heterocycles. The maximum atomic E-state index is 6.14. The number of fused-ring (bicyclic) bond motifs is 1. The van der Waals surface area contributed by atoms with Crippen LogP contribution in [0, 0.1) is 6.92 Å². The van der Waals surface area contributed by atoms with E-state index in [1.165, 1.54) is 10.9 Å². The number of hydrogen-bond acceptors (Lipinski definition) is 3. The number of nitrogens with zero attached hydrogens (tertiary/aromatic N) is 5. The van der Waals surface area contributed by atoms with E-state index in [1.54, 1.807) is 0 Å². The zero-order valence-electron chi connectivity index (χ0n) is 16.5. The van der Waals surface area contributed by atoms with Crippen LogP contribution in [0.15, 0.2) is 78.9 Å². The molecule has 0 fully saturated rings. The highest BCUT2D eigenvalue weighted by atomic mass is 35.5. The van der Waals surface area contributed by atoms with E-state index in [9.17, 15) is 0 Å². The first-order valence-electron chi connectivity index (χ1n) is 9.89. The number of halogens is 1. The number of tetrazole rings is 1. The van der Waals surface area contributed by atoms with E-state index in [4.69, 9.17) is 11.6 Å². The Labute approximate surface area is 179 Å². The van der Waals surface area contributed by atoms with Gasteiger partial charge in [-0.05, 0) is 53.6 Å². The fourth-order valence-corrected chi connectivity index (χ4v) is 4.08. The van der Waals surface area contributed by atoms with Gasteiger partial charge >= 0.3 is 0 Å². The Balaban J connectivity index is 1.65. The molecule has 148 valence electrons. The molecule has 2 aromatic heterocycles. The second-order valence-electron chi connectivity index (χ2n) is 7.25. The summed E-state index contributed by atoms with van der Waals surface area (Å²) in [5.74, 6) is 0.755. The quantitative estimate of drug-likeness (QED) is 0.383. The molecule has 5 aromatic rings. The summed E-state index contributed by atoms with van der Waals surface area (Å²) < 4.78 is 4.10. The van der Waals surface area contributed by atoms with Gasteiger partial charge < -0.3 is 4.57 Å². The first-order valence-corrected chi connectivity index (χ1v) is 10.3. The average molecular weight is 414 g/mol. The normalized spacial score (nSPS) is 11.3. The second kappa shape index (κ2) is 7.76. The lowest BCUT2D eigenvalue weighted by molar-refractivity contribution is 0.592. The fourth-order valence-electron chi connectivity index (χ4n) is 3.95. The van der Waals surface area contributed by atoms with Gasteiger partial charge in [0.25, 0.3) is 0 Å². The third-order valence-corrected chi connectivity index (χ3v) is 5.67. The van der Waals surface area contributed by atoms with E-state index < -0.39 is 0 Å². The van der Waals surface area contributed by atoms with Crippen molar-refractivity contribution in [3.05, 3.63) is 95.1 Å². The van der Waals surface area contributed by atoms with Crippen LogP contribution in [0.1, 0.15) is 11.3 Å². The molecule has 0 saturated heterocycles. The molecule has 6 heteroatoms. The molecule has 0 N–H and O–H groups in total. The van der Waals surface area contributed by atoms with Crippen molar-refractivity contribution in [2.45, 2.75) is 19.9 Å². The fraction of sp³-hybridized carbons (Fsp3) is 0.125. The van der Waals surface area contributed by atoms with Gasteiger partial charge in [-0.2, -0.15) is 0 Å². The Morgan fingerprint density at radius 1 is 0.833 bits per heavy atom. The lowest BCUT2D eigenvalue weighted by Gasteiger charge is -2.12. The molecule has 0 aliphatic carbocycles. The molecule has 0 amide bonds. The van der Waals surface area contributed by atoms with E-state index in [1.807, 2.05) is 35.0 Å². The van der Waals surface area contributed by atoms with Gasteiger partial charge in [-0.1, -0.05) is 66.2 Å². The minimum absolute atomic E-state index is 0.700. The molecule has 0 saturated carbocycles. The molecule has 0 radical (unpaired) electrons. The van der Waals surface area contributed by atoms with Crippen LogP contribution in [0.2, 0.25) is 5.02 Å². The van der Waals surface area contributed by atoms with Crippen molar-refractivity contribution in [3.8, 4) is 17.2 Å². The van der Waals surface area contributed by atoms with Gasteiger partial charge in [-0.25, -0.2) is 4.68 Å². The number of benzene rings is 3. The highest BCUT2D eigenvalue weighted by Gasteiger charge is 2.21. The van der Waals surface area contributed by atoms with E-state index in [0.29, 0.717) is 11.6 Å². The molecule has 3 aromatic carbocycles. The topological polar surface area (TPSA) is 48.5 Å². The molecule has 0 aliphatic rings. The molecule has 2 heterocycles. The molecular formula is C24H20ClN5. The van der Waals surface area contributed by atoms with Gasteiger partial charge in [-0.3, -0.25) is 0 Å². The maximum absolute atomic E-state index is 6.14. The highest BCUT2D eigenvalue weighted by Crippen LogP contribution is 2.35. The smallest absolute Gasteiger partial charge is 0.199 e. The molecular weight excluding hydrogens is 394 g/mol. The second-order valence-corrected chi connectivity index (χ2v) is 7.69. The van der Waals surface area contributed by atoms with Crippen molar-refractivity contribution in [1.82, 2.24) is 24.8 Å². The first-order chi connectivity index (χ1) is 14.7. The Morgan fingerprint density at radius 3 is 2.30 bits per heavy atom. The number of hydrogen-bond donors (Lipinski definition) is 0. The highest BCUT2D eigenvalue weighted by molar-refractivity contribution is 6.30. The first kappa shape index (κ1) is 18.6. The van der Waals surface area contributed by atoms with Crippen molar-refractivity contribution < 1.29 is 0 Å². The summed E-state index contributed by atoms with van der Waals surface area (Å²) in [6.07, 6.45) is 0.859. The van der Waals surface area contributed by atoms with Crippen LogP contribution in [0.4, 0.5) is 0 Å². The van der Waals surface area contributed by atoms with Gasteiger partial charge in [0.2, 0.25) is 0 Å². The predicted octanol–water partition coefficient (Wildman–Crippen LogP) is 5.49. The summed E-state index contributed by atoms with van der Waals surface area (Å²) in [5, 5.41) is 15.7. The summed E-state index contributed by atoms with van der Waals surface area (Å²) in [6.45, 7) is 2.82. The van der Waals surface area contributed by atoms with E-state index >= 15 is 0 Å². The molecule has 5 rings (SSSR count). The third kappa shape index (κ3) is 3.27. The molecule has 0 unspecified atom stereocenters. The minimum Gasteiger partial charge on any atom is -0.310 e. The van der Waals surface area contributed by atoms with Crippen LogP contribution in [0.25, 0.3) is 28.0 Å². The van der Waals surface area contributed by atoms with Crippen LogP contribution >= 0.6 is 11.6 Å². The summed E-state index contributed by atoms with van der Waals surface area (Å²) in [4.78, 5) is 0. The minimum atomic E-state index is 0.700. The SMILES string of the molecule is Cc1c2ccccc2c(-c2nnnn2CCc2ccccc2)n1-c1ccc(Cl)cc1. The molecule has 0 atom stereocenters. The van der Waals surface area contributed by atoms with Crippen LogP contribution in [-0.4, -0.2) is 24.8 Å². The van der Waals surface area contributed by atoms with Crippen LogP contribution < -0.4 is 0 Å². The Bertz CT molecular complexity index is 1300. The third-order valence-electron chi connectivity index (χ3n) is 5.41. The van der Waals surface area contributed by atoms with Gasteiger partial charge in [0, 0.05) is 33.7 Å². The molecule has 0 spiro atoms. The van der Waals surface area contributed by atoms with Gasteiger partial charge in [0.15, 0.2) is 5.82 Å². The van der Waals surface area contributed by atoms with Crippen LogP contribution in [0.3, 0.4) is 0 Å².